The summed E-state index contributed by atoms with van der Waals surface area (Å²) in [6, 6.07) is 24.6. The van der Waals surface area contributed by atoms with Gasteiger partial charge in [0.25, 0.3) is 0 Å². The predicted molar refractivity (Wildman–Crippen MR) is 135 cm³/mol. The highest BCUT2D eigenvalue weighted by atomic mass is 35.5. The first-order valence-corrected chi connectivity index (χ1v) is 13.0. The van der Waals surface area contributed by atoms with Crippen LogP contribution in [0.5, 0.6) is 0 Å². The predicted octanol–water partition coefficient (Wildman–Crippen LogP) is 7.02. The normalized spacial score (nSPS) is 24.0. The molecule has 5 heteroatoms. The number of benzene rings is 2. The lowest BCUT2D eigenvalue weighted by atomic mass is 9.91. The van der Waals surface area contributed by atoms with E-state index in [9.17, 15) is 5.11 Å². The van der Waals surface area contributed by atoms with Crippen LogP contribution in [-0.4, -0.2) is 22.5 Å². The zero-order valence-electron chi connectivity index (χ0n) is 18.1. The van der Waals surface area contributed by atoms with Crippen molar-refractivity contribution < 1.29 is 9.84 Å². The van der Waals surface area contributed by atoms with E-state index < -0.39 is 6.10 Å². The zero-order valence-corrected chi connectivity index (χ0v) is 20.4. The summed E-state index contributed by atoms with van der Waals surface area (Å²) in [7, 11) is 0. The van der Waals surface area contributed by atoms with Crippen molar-refractivity contribution in [2.75, 3.05) is 6.61 Å². The van der Waals surface area contributed by atoms with Gasteiger partial charge in [-0.3, -0.25) is 0 Å². The molecule has 1 aliphatic rings. The molecule has 0 amide bonds. The van der Waals surface area contributed by atoms with E-state index in [1.807, 2.05) is 36.4 Å². The van der Waals surface area contributed by atoms with Crippen LogP contribution in [0.3, 0.4) is 0 Å². The fraction of sp³-hybridized carbons (Fsp3) is 0.407. The second-order valence-electron chi connectivity index (χ2n) is 8.67. The Morgan fingerprint density at radius 3 is 2.34 bits per heavy atom. The smallest absolute Gasteiger partial charge is 0.0922 e. The van der Waals surface area contributed by atoms with Crippen molar-refractivity contribution in [1.82, 2.24) is 0 Å². The first kappa shape index (κ1) is 23.8. The summed E-state index contributed by atoms with van der Waals surface area (Å²) in [6.07, 6.45) is 3.03. The number of rotatable bonds is 10. The van der Waals surface area contributed by atoms with E-state index in [4.69, 9.17) is 27.9 Å². The Hall–Kier alpha value is -1.36. The SMILES string of the molecule is OC(Cc1ccccc1)c1ccc(CC[C@H]2C(Cl)C(Cl)C[C@@H]2COCc2ccccc2)s1. The molecule has 3 unspecified atom stereocenters. The highest BCUT2D eigenvalue weighted by molar-refractivity contribution is 7.12. The summed E-state index contributed by atoms with van der Waals surface area (Å²) < 4.78 is 6.03. The van der Waals surface area contributed by atoms with Crippen molar-refractivity contribution in [3.8, 4) is 0 Å². The molecular weight excluding hydrogens is 459 g/mol. The summed E-state index contributed by atoms with van der Waals surface area (Å²) in [5, 5.41) is 10.6. The minimum Gasteiger partial charge on any atom is -0.387 e. The zero-order chi connectivity index (χ0) is 22.3. The largest absolute Gasteiger partial charge is 0.387 e. The third-order valence-corrected chi connectivity index (χ3v) is 8.79. The number of aliphatic hydroxyl groups is 1. The van der Waals surface area contributed by atoms with Gasteiger partial charge >= 0.3 is 0 Å². The van der Waals surface area contributed by atoms with Crippen molar-refractivity contribution in [1.29, 1.82) is 0 Å². The average Bonchev–Trinajstić information content (AvgIpc) is 3.39. The monoisotopic (exact) mass is 488 g/mol. The fourth-order valence-corrected chi connectivity index (χ4v) is 6.43. The Morgan fingerprint density at radius 1 is 0.938 bits per heavy atom. The van der Waals surface area contributed by atoms with Crippen molar-refractivity contribution >= 4 is 34.5 Å². The summed E-state index contributed by atoms with van der Waals surface area (Å²) in [6.45, 7) is 1.31. The van der Waals surface area contributed by atoms with E-state index in [1.54, 1.807) is 11.3 Å². The van der Waals surface area contributed by atoms with Crippen molar-refractivity contribution in [3.05, 3.63) is 93.7 Å². The lowest BCUT2D eigenvalue weighted by Crippen LogP contribution is -2.21. The molecule has 1 N–H and O–H groups in total. The molecule has 1 heterocycles. The molecule has 0 spiro atoms. The van der Waals surface area contributed by atoms with E-state index in [0.717, 1.165) is 29.7 Å². The van der Waals surface area contributed by atoms with Gasteiger partial charge in [-0.2, -0.15) is 0 Å². The number of aryl methyl sites for hydroxylation is 1. The van der Waals surface area contributed by atoms with E-state index in [1.165, 1.54) is 10.4 Å². The molecule has 1 aliphatic carbocycles. The van der Waals surface area contributed by atoms with E-state index in [-0.39, 0.29) is 10.8 Å². The van der Waals surface area contributed by atoms with Crippen LogP contribution in [0.1, 0.15) is 39.8 Å². The van der Waals surface area contributed by atoms with Crippen LogP contribution in [0, 0.1) is 11.8 Å². The molecule has 0 aliphatic heterocycles. The van der Waals surface area contributed by atoms with Gasteiger partial charge in [0.05, 0.1) is 30.1 Å². The molecule has 170 valence electrons. The summed E-state index contributed by atoms with van der Waals surface area (Å²) in [4.78, 5) is 2.31. The molecule has 4 rings (SSSR count). The van der Waals surface area contributed by atoms with Gasteiger partial charge < -0.3 is 9.84 Å². The number of alkyl halides is 2. The first-order chi connectivity index (χ1) is 15.6. The molecule has 3 aromatic rings. The molecule has 1 fully saturated rings. The van der Waals surface area contributed by atoms with Gasteiger partial charge in [-0.1, -0.05) is 60.7 Å². The number of hydrogen-bond donors (Lipinski definition) is 1. The van der Waals surface area contributed by atoms with Gasteiger partial charge in [0, 0.05) is 16.2 Å². The third kappa shape index (κ3) is 6.36. The lowest BCUT2D eigenvalue weighted by molar-refractivity contribution is 0.0731. The van der Waals surface area contributed by atoms with Crippen LogP contribution in [0.4, 0.5) is 0 Å². The maximum Gasteiger partial charge on any atom is 0.0922 e. The highest BCUT2D eigenvalue weighted by Gasteiger charge is 2.41. The van der Waals surface area contributed by atoms with E-state index >= 15 is 0 Å². The van der Waals surface area contributed by atoms with Crippen molar-refractivity contribution in [2.45, 2.75) is 49.1 Å². The molecule has 0 saturated heterocycles. The minimum absolute atomic E-state index is 0.00131. The van der Waals surface area contributed by atoms with Crippen LogP contribution < -0.4 is 0 Å². The Morgan fingerprint density at radius 2 is 1.62 bits per heavy atom. The number of aliphatic hydroxyl groups excluding tert-OH is 1. The standard InChI is InChI=1S/C27H30Cl2O2S/c28-24-16-21(18-31-17-20-9-5-2-6-10-20)23(27(24)29)13-11-22-12-14-26(32-22)25(30)15-19-7-3-1-4-8-19/h1-10,12,14,21,23-25,27,30H,11,13,15-18H2/t21-,23-,24?,25?,27?/m1/s1. The van der Waals surface area contributed by atoms with Gasteiger partial charge in [0.2, 0.25) is 0 Å². The summed E-state index contributed by atoms with van der Waals surface area (Å²) in [5.74, 6) is 0.724. The van der Waals surface area contributed by atoms with Crippen molar-refractivity contribution in [3.63, 3.8) is 0 Å². The Balaban J connectivity index is 1.29. The molecule has 1 aromatic heterocycles. The van der Waals surface area contributed by atoms with Gasteiger partial charge in [-0.15, -0.1) is 34.5 Å². The summed E-state index contributed by atoms with van der Waals surface area (Å²) >= 11 is 14.9. The molecule has 0 bridgehead atoms. The van der Waals surface area contributed by atoms with Gasteiger partial charge in [0.15, 0.2) is 0 Å². The molecule has 0 radical (unpaired) electrons. The Labute approximate surface area is 205 Å². The molecule has 5 atom stereocenters. The first-order valence-electron chi connectivity index (χ1n) is 11.3. The maximum absolute atomic E-state index is 10.6. The number of ether oxygens (including phenoxy) is 1. The maximum atomic E-state index is 10.6. The molecular formula is C27H30Cl2O2S. The quantitative estimate of drug-likeness (QED) is 0.310. The molecule has 2 aromatic carbocycles. The number of thiophene rings is 1. The Bertz CT molecular complexity index is 947. The van der Waals surface area contributed by atoms with Crippen LogP contribution >= 0.6 is 34.5 Å². The topological polar surface area (TPSA) is 29.5 Å². The highest BCUT2D eigenvalue weighted by Crippen LogP contribution is 2.42. The van der Waals surface area contributed by atoms with Gasteiger partial charge in [-0.05, 0) is 54.4 Å². The number of halogens is 2. The van der Waals surface area contributed by atoms with Gasteiger partial charge in [-0.25, -0.2) is 0 Å². The second-order valence-corrected chi connectivity index (χ2v) is 10.9. The average molecular weight is 490 g/mol. The van der Waals surface area contributed by atoms with Gasteiger partial charge in [0.1, 0.15) is 0 Å². The molecule has 1 saturated carbocycles. The second kappa shape index (κ2) is 11.7. The third-order valence-electron chi connectivity index (χ3n) is 6.34. The summed E-state index contributed by atoms with van der Waals surface area (Å²) in [5.41, 5.74) is 2.34. The van der Waals surface area contributed by atoms with Crippen molar-refractivity contribution in [2.24, 2.45) is 11.8 Å². The number of hydrogen-bond acceptors (Lipinski definition) is 3. The lowest BCUT2D eigenvalue weighted by Gasteiger charge is -2.21. The van der Waals surface area contributed by atoms with E-state index in [0.29, 0.717) is 31.5 Å². The van der Waals surface area contributed by atoms with Crippen LogP contribution in [0.2, 0.25) is 0 Å². The van der Waals surface area contributed by atoms with Crippen LogP contribution in [0.15, 0.2) is 72.8 Å². The fourth-order valence-electron chi connectivity index (χ4n) is 4.57. The minimum atomic E-state index is -0.463. The Kier molecular flexibility index (Phi) is 8.68. The molecule has 2 nitrogen and oxygen atoms in total. The van der Waals surface area contributed by atoms with Crippen LogP contribution in [0.25, 0.3) is 0 Å². The van der Waals surface area contributed by atoms with E-state index in [2.05, 4.69) is 36.4 Å². The van der Waals surface area contributed by atoms with Crippen LogP contribution in [-0.2, 0) is 24.2 Å². The molecule has 32 heavy (non-hydrogen) atoms.